The Balaban J connectivity index is 2.62. The van der Waals surface area contributed by atoms with Crippen molar-refractivity contribution in [3.63, 3.8) is 0 Å². The Kier molecular flexibility index (Phi) is 1.86. The number of nitrogens with zero attached hydrogens (tertiary/aromatic N) is 1. The SMILES string of the molecule is N#C/C=C1\CCCC1O. The van der Waals surface area contributed by atoms with Crippen LogP contribution in [-0.4, -0.2) is 11.2 Å². The summed E-state index contributed by atoms with van der Waals surface area (Å²) in [6.45, 7) is 0. The fourth-order valence-corrected chi connectivity index (χ4v) is 1.10. The average molecular weight is 123 g/mol. The first kappa shape index (κ1) is 6.31. The van der Waals surface area contributed by atoms with Crippen molar-refractivity contribution < 1.29 is 5.11 Å². The molecule has 2 heteroatoms. The molecule has 0 aromatic carbocycles. The summed E-state index contributed by atoms with van der Waals surface area (Å²) in [6, 6.07) is 1.92. The molecule has 0 heterocycles. The zero-order chi connectivity index (χ0) is 6.69. The third-order valence-corrected chi connectivity index (χ3v) is 1.62. The molecular formula is C7H9NO. The molecule has 9 heavy (non-hydrogen) atoms. The molecule has 0 saturated heterocycles. The number of rotatable bonds is 0. The Morgan fingerprint density at radius 1 is 1.78 bits per heavy atom. The van der Waals surface area contributed by atoms with Crippen molar-refractivity contribution >= 4 is 0 Å². The van der Waals surface area contributed by atoms with Crippen LogP contribution < -0.4 is 0 Å². The summed E-state index contributed by atoms with van der Waals surface area (Å²) in [5, 5.41) is 17.3. The third kappa shape index (κ3) is 1.30. The van der Waals surface area contributed by atoms with E-state index in [1.165, 1.54) is 6.08 Å². The molecule has 0 aliphatic heterocycles. The Morgan fingerprint density at radius 2 is 2.56 bits per heavy atom. The lowest BCUT2D eigenvalue weighted by Crippen LogP contribution is -2.00. The second-order valence-corrected chi connectivity index (χ2v) is 2.26. The van der Waals surface area contributed by atoms with E-state index in [-0.39, 0.29) is 6.10 Å². The van der Waals surface area contributed by atoms with E-state index in [1.807, 2.05) is 6.07 Å². The smallest absolute Gasteiger partial charge is 0.0912 e. The maximum Gasteiger partial charge on any atom is 0.0912 e. The van der Waals surface area contributed by atoms with Gasteiger partial charge in [0.25, 0.3) is 0 Å². The van der Waals surface area contributed by atoms with Gasteiger partial charge in [-0.25, -0.2) is 0 Å². The molecule has 0 bridgehead atoms. The number of hydrogen-bond donors (Lipinski definition) is 1. The van der Waals surface area contributed by atoms with Crippen LogP contribution in [0.4, 0.5) is 0 Å². The Bertz CT molecular complexity index is 166. The van der Waals surface area contributed by atoms with Gasteiger partial charge in [-0.1, -0.05) is 0 Å². The summed E-state index contributed by atoms with van der Waals surface area (Å²) in [5.74, 6) is 0. The van der Waals surface area contributed by atoms with Crippen LogP contribution in [0.15, 0.2) is 11.6 Å². The molecule has 0 aromatic rings. The molecule has 0 spiro atoms. The van der Waals surface area contributed by atoms with Crippen molar-refractivity contribution in [2.75, 3.05) is 0 Å². The highest BCUT2D eigenvalue weighted by atomic mass is 16.3. The zero-order valence-corrected chi connectivity index (χ0v) is 5.17. The lowest BCUT2D eigenvalue weighted by atomic mass is 10.2. The van der Waals surface area contributed by atoms with E-state index in [4.69, 9.17) is 10.4 Å². The fraction of sp³-hybridized carbons (Fsp3) is 0.571. The first-order valence-electron chi connectivity index (χ1n) is 3.11. The van der Waals surface area contributed by atoms with Gasteiger partial charge >= 0.3 is 0 Å². The standard InChI is InChI=1S/C7H9NO/c8-5-4-6-2-1-3-7(6)9/h4,7,9H,1-3H2/b6-4+. The van der Waals surface area contributed by atoms with Crippen LogP contribution in [-0.2, 0) is 0 Å². The minimum atomic E-state index is -0.329. The summed E-state index contributed by atoms with van der Waals surface area (Å²) >= 11 is 0. The van der Waals surface area contributed by atoms with Crippen molar-refractivity contribution in [3.05, 3.63) is 11.6 Å². The largest absolute Gasteiger partial charge is 0.389 e. The van der Waals surface area contributed by atoms with Gasteiger partial charge in [-0.2, -0.15) is 5.26 Å². The molecule has 1 aliphatic carbocycles. The minimum Gasteiger partial charge on any atom is -0.389 e. The summed E-state index contributed by atoms with van der Waals surface area (Å²) < 4.78 is 0. The normalized spacial score (nSPS) is 30.7. The van der Waals surface area contributed by atoms with E-state index < -0.39 is 0 Å². The molecule has 1 unspecified atom stereocenters. The van der Waals surface area contributed by atoms with Gasteiger partial charge < -0.3 is 5.11 Å². The summed E-state index contributed by atoms with van der Waals surface area (Å²) in [7, 11) is 0. The topological polar surface area (TPSA) is 44.0 Å². The minimum absolute atomic E-state index is 0.329. The molecule has 1 N–H and O–H groups in total. The Hall–Kier alpha value is -0.810. The quantitative estimate of drug-likeness (QED) is 0.488. The maximum atomic E-state index is 9.10. The van der Waals surface area contributed by atoms with Crippen molar-refractivity contribution in [2.24, 2.45) is 0 Å². The van der Waals surface area contributed by atoms with Gasteiger partial charge in [0, 0.05) is 6.08 Å². The van der Waals surface area contributed by atoms with Gasteiger partial charge in [-0.3, -0.25) is 0 Å². The number of aliphatic hydroxyl groups is 1. The molecule has 1 rings (SSSR count). The summed E-state index contributed by atoms with van der Waals surface area (Å²) in [6.07, 6.45) is 3.87. The van der Waals surface area contributed by atoms with E-state index in [0.717, 1.165) is 24.8 Å². The molecular weight excluding hydrogens is 114 g/mol. The van der Waals surface area contributed by atoms with Gasteiger partial charge in [0.05, 0.1) is 12.2 Å². The lowest BCUT2D eigenvalue weighted by molar-refractivity contribution is 0.218. The third-order valence-electron chi connectivity index (χ3n) is 1.62. The molecule has 0 aromatic heterocycles. The van der Waals surface area contributed by atoms with Crippen LogP contribution in [0.1, 0.15) is 19.3 Å². The molecule has 1 saturated carbocycles. The van der Waals surface area contributed by atoms with Crippen LogP contribution in [0, 0.1) is 11.3 Å². The summed E-state index contributed by atoms with van der Waals surface area (Å²) in [5.41, 5.74) is 0.900. The van der Waals surface area contributed by atoms with Gasteiger partial charge in [0.2, 0.25) is 0 Å². The van der Waals surface area contributed by atoms with Crippen LogP contribution >= 0.6 is 0 Å². The lowest BCUT2D eigenvalue weighted by Gasteiger charge is -1.98. The van der Waals surface area contributed by atoms with Crippen LogP contribution in [0.25, 0.3) is 0 Å². The highest BCUT2D eigenvalue weighted by Gasteiger charge is 2.16. The van der Waals surface area contributed by atoms with E-state index in [9.17, 15) is 0 Å². The van der Waals surface area contributed by atoms with Crippen LogP contribution in [0.3, 0.4) is 0 Å². The first-order chi connectivity index (χ1) is 4.34. The highest BCUT2D eigenvalue weighted by molar-refractivity contribution is 5.19. The second-order valence-electron chi connectivity index (χ2n) is 2.26. The van der Waals surface area contributed by atoms with Gasteiger partial charge in [-0.05, 0) is 24.8 Å². The van der Waals surface area contributed by atoms with Gasteiger partial charge in [0.15, 0.2) is 0 Å². The Labute approximate surface area is 54.4 Å². The van der Waals surface area contributed by atoms with Crippen LogP contribution in [0.5, 0.6) is 0 Å². The van der Waals surface area contributed by atoms with E-state index in [1.54, 1.807) is 0 Å². The molecule has 0 radical (unpaired) electrons. The number of hydrogen-bond acceptors (Lipinski definition) is 2. The predicted octanol–water partition coefficient (Wildman–Crippen LogP) is 0.981. The molecule has 48 valence electrons. The number of aliphatic hydroxyl groups excluding tert-OH is 1. The zero-order valence-electron chi connectivity index (χ0n) is 5.17. The van der Waals surface area contributed by atoms with E-state index in [0.29, 0.717) is 0 Å². The monoisotopic (exact) mass is 123 g/mol. The average Bonchev–Trinajstić information content (AvgIpc) is 2.18. The highest BCUT2D eigenvalue weighted by Crippen LogP contribution is 2.23. The van der Waals surface area contributed by atoms with Crippen molar-refractivity contribution in [3.8, 4) is 6.07 Å². The molecule has 0 amide bonds. The van der Waals surface area contributed by atoms with E-state index in [2.05, 4.69) is 0 Å². The molecule has 1 aliphatic rings. The second kappa shape index (κ2) is 2.65. The van der Waals surface area contributed by atoms with Crippen molar-refractivity contribution in [1.29, 1.82) is 5.26 Å². The fourth-order valence-electron chi connectivity index (χ4n) is 1.10. The maximum absolute atomic E-state index is 9.10. The van der Waals surface area contributed by atoms with Gasteiger partial charge in [-0.15, -0.1) is 0 Å². The van der Waals surface area contributed by atoms with Crippen molar-refractivity contribution in [2.45, 2.75) is 25.4 Å². The van der Waals surface area contributed by atoms with Crippen LogP contribution in [0.2, 0.25) is 0 Å². The van der Waals surface area contributed by atoms with Crippen molar-refractivity contribution in [1.82, 2.24) is 0 Å². The number of allylic oxidation sites excluding steroid dienone is 1. The first-order valence-corrected chi connectivity index (χ1v) is 3.11. The Morgan fingerprint density at radius 3 is 3.00 bits per heavy atom. The number of nitriles is 1. The summed E-state index contributed by atoms with van der Waals surface area (Å²) in [4.78, 5) is 0. The van der Waals surface area contributed by atoms with E-state index >= 15 is 0 Å². The predicted molar refractivity (Wildman–Crippen MR) is 33.6 cm³/mol. The molecule has 1 fully saturated rings. The molecule has 1 atom stereocenters. The van der Waals surface area contributed by atoms with Gasteiger partial charge in [0.1, 0.15) is 0 Å². The molecule has 2 nitrogen and oxygen atoms in total.